The van der Waals surface area contributed by atoms with Crippen molar-refractivity contribution in [2.24, 2.45) is 0 Å². The van der Waals surface area contributed by atoms with Gasteiger partial charge >= 0.3 is 0 Å². The fourth-order valence-corrected chi connectivity index (χ4v) is 2.72. The molecule has 4 heteroatoms. The van der Waals surface area contributed by atoms with Gasteiger partial charge in [-0.15, -0.1) is 11.3 Å². The van der Waals surface area contributed by atoms with Crippen molar-refractivity contribution in [3.05, 3.63) is 38.7 Å². The van der Waals surface area contributed by atoms with E-state index in [0.717, 1.165) is 16.2 Å². The molecular weight excluding hydrogens is 216 g/mol. The molecule has 0 radical (unpaired) electrons. The zero-order chi connectivity index (χ0) is 9.97. The molecule has 2 aromatic heterocycles. The van der Waals surface area contributed by atoms with E-state index in [1.54, 1.807) is 18.4 Å². The lowest BCUT2D eigenvalue weighted by Gasteiger charge is -2.04. The third-order valence-electron chi connectivity index (χ3n) is 1.96. The Hall–Kier alpha value is -0.840. The van der Waals surface area contributed by atoms with E-state index in [-0.39, 0.29) is 0 Å². The second-order valence-corrected chi connectivity index (χ2v) is 4.57. The van der Waals surface area contributed by atoms with Gasteiger partial charge in [0.05, 0.1) is 7.11 Å². The summed E-state index contributed by atoms with van der Waals surface area (Å²) in [6.07, 6.45) is -0.518. The molecule has 0 aromatic carbocycles. The number of aliphatic hydroxyl groups excluding tert-OH is 1. The number of methoxy groups -OCH3 is 1. The fraction of sp³-hybridized carbons (Fsp3) is 0.200. The summed E-state index contributed by atoms with van der Waals surface area (Å²) in [7, 11) is 1.63. The van der Waals surface area contributed by atoms with Crippen LogP contribution in [-0.2, 0) is 0 Å². The van der Waals surface area contributed by atoms with Crippen molar-refractivity contribution in [1.29, 1.82) is 0 Å². The van der Waals surface area contributed by atoms with Crippen LogP contribution in [0.15, 0.2) is 28.3 Å². The van der Waals surface area contributed by atoms with Crippen molar-refractivity contribution in [2.75, 3.05) is 7.11 Å². The molecule has 0 saturated carbocycles. The Morgan fingerprint density at radius 1 is 1.43 bits per heavy atom. The second-order valence-electron chi connectivity index (χ2n) is 2.85. The lowest BCUT2D eigenvalue weighted by Crippen LogP contribution is -1.93. The predicted molar refractivity (Wildman–Crippen MR) is 59.3 cm³/mol. The molecule has 0 fully saturated rings. The van der Waals surface area contributed by atoms with E-state index in [0.29, 0.717) is 0 Å². The van der Waals surface area contributed by atoms with Crippen molar-refractivity contribution < 1.29 is 9.84 Å². The van der Waals surface area contributed by atoms with Crippen LogP contribution in [-0.4, -0.2) is 12.2 Å². The van der Waals surface area contributed by atoms with Crippen molar-refractivity contribution in [2.45, 2.75) is 6.10 Å². The van der Waals surface area contributed by atoms with Gasteiger partial charge in [-0.2, -0.15) is 11.3 Å². The van der Waals surface area contributed by atoms with Gasteiger partial charge in [0, 0.05) is 10.3 Å². The third kappa shape index (κ3) is 1.82. The van der Waals surface area contributed by atoms with Gasteiger partial charge in [0.15, 0.2) is 0 Å². The molecule has 0 saturated heterocycles. The van der Waals surface area contributed by atoms with Gasteiger partial charge in [-0.3, -0.25) is 0 Å². The molecule has 0 amide bonds. The molecular formula is C10H10O2S2. The number of ether oxygens (including phenoxy) is 1. The van der Waals surface area contributed by atoms with Crippen LogP contribution in [0.25, 0.3) is 0 Å². The minimum Gasteiger partial charge on any atom is -0.496 e. The van der Waals surface area contributed by atoms with Crippen molar-refractivity contribution in [1.82, 2.24) is 0 Å². The maximum Gasteiger partial charge on any atom is 0.129 e. The number of aliphatic hydroxyl groups is 1. The molecule has 2 nitrogen and oxygen atoms in total. The lowest BCUT2D eigenvalue weighted by atomic mass is 10.2. The number of rotatable bonds is 3. The highest BCUT2D eigenvalue weighted by atomic mass is 32.1. The van der Waals surface area contributed by atoms with Crippen LogP contribution >= 0.6 is 22.7 Å². The zero-order valence-corrected chi connectivity index (χ0v) is 9.27. The smallest absolute Gasteiger partial charge is 0.129 e. The van der Waals surface area contributed by atoms with Gasteiger partial charge in [-0.1, -0.05) is 0 Å². The molecule has 2 aromatic rings. The van der Waals surface area contributed by atoms with Crippen molar-refractivity contribution in [3.8, 4) is 5.75 Å². The van der Waals surface area contributed by atoms with Gasteiger partial charge in [-0.25, -0.2) is 0 Å². The van der Waals surface area contributed by atoms with Gasteiger partial charge in [0.25, 0.3) is 0 Å². The van der Waals surface area contributed by atoms with Crippen molar-refractivity contribution in [3.63, 3.8) is 0 Å². The van der Waals surface area contributed by atoms with Crippen LogP contribution in [0, 0.1) is 0 Å². The zero-order valence-electron chi connectivity index (χ0n) is 7.64. The second kappa shape index (κ2) is 4.13. The molecule has 0 spiro atoms. The van der Waals surface area contributed by atoms with Crippen LogP contribution in [0.2, 0.25) is 0 Å². The van der Waals surface area contributed by atoms with Gasteiger partial charge in [0.2, 0.25) is 0 Å². The number of hydrogen-bond acceptors (Lipinski definition) is 4. The van der Waals surface area contributed by atoms with Crippen molar-refractivity contribution >= 4 is 22.7 Å². The first-order chi connectivity index (χ1) is 6.81. The molecule has 74 valence electrons. The Morgan fingerprint density at radius 2 is 2.29 bits per heavy atom. The molecule has 1 N–H and O–H groups in total. The minimum atomic E-state index is -0.518. The molecule has 2 rings (SSSR count). The average molecular weight is 226 g/mol. The van der Waals surface area contributed by atoms with Crippen LogP contribution in [0.5, 0.6) is 5.75 Å². The lowest BCUT2D eigenvalue weighted by molar-refractivity contribution is 0.224. The Morgan fingerprint density at radius 3 is 2.86 bits per heavy atom. The topological polar surface area (TPSA) is 29.5 Å². The molecule has 1 atom stereocenters. The summed E-state index contributed by atoms with van der Waals surface area (Å²) < 4.78 is 5.06. The molecule has 2 heterocycles. The Balaban J connectivity index is 2.23. The highest BCUT2D eigenvalue weighted by Crippen LogP contribution is 2.31. The van der Waals surface area contributed by atoms with E-state index >= 15 is 0 Å². The van der Waals surface area contributed by atoms with E-state index in [2.05, 4.69) is 0 Å². The first-order valence-electron chi connectivity index (χ1n) is 4.14. The van der Waals surface area contributed by atoms with E-state index < -0.39 is 6.10 Å². The summed E-state index contributed by atoms with van der Waals surface area (Å²) in [5.41, 5.74) is 0.944. The maximum absolute atomic E-state index is 9.95. The molecule has 0 aliphatic carbocycles. The summed E-state index contributed by atoms with van der Waals surface area (Å²) in [4.78, 5) is 0.917. The van der Waals surface area contributed by atoms with Gasteiger partial charge in [-0.05, 0) is 28.5 Å². The normalized spacial score (nSPS) is 12.7. The molecule has 1 unspecified atom stereocenters. The summed E-state index contributed by atoms with van der Waals surface area (Å²) in [5, 5.41) is 15.8. The maximum atomic E-state index is 9.95. The predicted octanol–water partition coefficient (Wildman–Crippen LogP) is 2.90. The van der Waals surface area contributed by atoms with Gasteiger partial charge in [0.1, 0.15) is 11.9 Å². The highest BCUT2D eigenvalue weighted by Gasteiger charge is 2.13. The Bertz CT molecular complexity index is 392. The molecule has 0 bridgehead atoms. The average Bonchev–Trinajstić information content (AvgIpc) is 2.88. The number of thiophene rings is 2. The summed E-state index contributed by atoms with van der Waals surface area (Å²) in [6.45, 7) is 0. The molecule has 0 aliphatic rings. The summed E-state index contributed by atoms with van der Waals surface area (Å²) >= 11 is 3.10. The monoisotopic (exact) mass is 226 g/mol. The van der Waals surface area contributed by atoms with Gasteiger partial charge < -0.3 is 9.84 Å². The quantitative estimate of drug-likeness (QED) is 0.872. The highest BCUT2D eigenvalue weighted by molar-refractivity contribution is 7.10. The first kappa shape index (κ1) is 9.71. The largest absolute Gasteiger partial charge is 0.496 e. The molecule has 14 heavy (non-hydrogen) atoms. The van der Waals surface area contributed by atoms with E-state index in [1.165, 1.54) is 11.3 Å². The van der Waals surface area contributed by atoms with E-state index in [9.17, 15) is 5.11 Å². The first-order valence-corrected chi connectivity index (χ1v) is 5.96. The third-order valence-corrected chi connectivity index (χ3v) is 3.62. The standard InChI is InChI=1S/C10H10O2S2/c1-12-8-4-9(14-6-8)10(11)7-2-3-13-5-7/h2-6,10-11H,1H3. The minimum absolute atomic E-state index is 0.518. The van der Waals surface area contributed by atoms with Crippen LogP contribution in [0.4, 0.5) is 0 Å². The SMILES string of the molecule is COc1csc(C(O)c2ccsc2)c1. The van der Waals surface area contributed by atoms with E-state index in [4.69, 9.17) is 4.74 Å². The summed E-state index contributed by atoms with van der Waals surface area (Å²) in [5.74, 6) is 0.805. The summed E-state index contributed by atoms with van der Waals surface area (Å²) in [6, 6.07) is 3.80. The van der Waals surface area contributed by atoms with Crippen LogP contribution < -0.4 is 4.74 Å². The Kier molecular flexibility index (Phi) is 2.86. The molecule has 0 aliphatic heterocycles. The number of hydrogen-bond donors (Lipinski definition) is 1. The fourth-order valence-electron chi connectivity index (χ4n) is 1.18. The Labute approximate surface area is 90.4 Å². The van der Waals surface area contributed by atoms with E-state index in [1.807, 2.05) is 28.3 Å². The van der Waals surface area contributed by atoms with Crippen LogP contribution in [0.3, 0.4) is 0 Å². The van der Waals surface area contributed by atoms with Crippen LogP contribution in [0.1, 0.15) is 16.5 Å².